The number of imide groups is 1. The Kier molecular flexibility index (Phi) is 5.92. The summed E-state index contributed by atoms with van der Waals surface area (Å²) in [5, 5.41) is 0.363. The number of hydrogen-bond acceptors (Lipinski definition) is 4. The van der Waals surface area contributed by atoms with E-state index in [1.807, 2.05) is 45.0 Å². The number of carbonyl (C=O) groups is 2. The first kappa shape index (κ1) is 19.5. The number of thioether (sulfide) groups is 1. The second kappa shape index (κ2) is 8.19. The maximum absolute atomic E-state index is 13.2. The summed E-state index contributed by atoms with van der Waals surface area (Å²) in [5.41, 5.74) is 1.50. The monoisotopic (exact) mass is 401 g/mol. The molecule has 2 aromatic carbocycles. The van der Waals surface area contributed by atoms with Gasteiger partial charge in [0.2, 0.25) is 0 Å². The highest BCUT2D eigenvalue weighted by Crippen LogP contribution is 2.40. The Balaban J connectivity index is 2.02. The zero-order valence-electron chi connectivity index (χ0n) is 15.4. The molecule has 0 aromatic heterocycles. The number of para-hydroxylation sites is 1. The maximum Gasteiger partial charge on any atom is 0.272 e. The number of ether oxygens (including phenoxy) is 1. The third-order valence-electron chi connectivity index (χ3n) is 3.94. The van der Waals surface area contributed by atoms with E-state index in [0.29, 0.717) is 32.5 Å². The van der Waals surface area contributed by atoms with Crippen LogP contribution in [0.5, 0.6) is 5.75 Å². The molecule has 6 heteroatoms. The van der Waals surface area contributed by atoms with Crippen molar-refractivity contribution in [2.24, 2.45) is 0 Å². The molecule has 0 N–H and O–H groups in total. The van der Waals surface area contributed by atoms with Crippen LogP contribution >= 0.6 is 23.4 Å². The van der Waals surface area contributed by atoms with Crippen molar-refractivity contribution in [3.8, 4) is 5.75 Å². The standard InChI is InChI=1S/C21H20ClNO3S/c1-4-27-19-18(14-9-11-15(12-10-14)26-13(2)3)20(24)23(21(19)25)17-8-6-5-7-16(17)22/h5-13H,4H2,1-3H3. The summed E-state index contributed by atoms with van der Waals surface area (Å²) in [6.45, 7) is 5.85. The molecule has 2 aromatic rings. The lowest BCUT2D eigenvalue weighted by atomic mass is 10.1. The molecule has 3 rings (SSSR count). The van der Waals surface area contributed by atoms with Gasteiger partial charge in [-0.15, -0.1) is 11.8 Å². The molecule has 0 spiro atoms. The molecule has 4 nitrogen and oxygen atoms in total. The van der Waals surface area contributed by atoms with E-state index in [1.54, 1.807) is 24.3 Å². The highest BCUT2D eigenvalue weighted by molar-refractivity contribution is 8.04. The minimum Gasteiger partial charge on any atom is -0.491 e. The molecule has 1 aliphatic rings. The topological polar surface area (TPSA) is 46.6 Å². The largest absolute Gasteiger partial charge is 0.491 e. The molecule has 0 aliphatic carbocycles. The highest BCUT2D eigenvalue weighted by atomic mass is 35.5. The van der Waals surface area contributed by atoms with E-state index in [1.165, 1.54) is 11.8 Å². The van der Waals surface area contributed by atoms with E-state index >= 15 is 0 Å². The van der Waals surface area contributed by atoms with Crippen molar-refractivity contribution >= 4 is 46.4 Å². The van der Waals surface area contributed by atoms with E-state index < -0.39 is 0 Å². The number of carbonyl (C=O) groups excluding carboxylic acids is 2. The van der Waals surface area contributed by atoms with Crippen LogP contribution in [-0.2, 0) is 9.59 Å². The average Bonchev–Trinajstić information content (AvgIpc) is 2.87. The Bertz CT molecular complexity index is 906. The summed E-state index contributed by atoms with van der Waals surface area (Å²) in [4.78, 5) is 27.8. The van der Waals surface area contributed by atoms with Gasteiger partial charge in [0.05, 0.1) is 27.3 Å². The number of hydrogen-bond donors (Lipinski definition) is 0. The molecule has 0 fully saturated rings. The van der Waals surface area contributed by atoms with Gasteiger partial charge in [-0.25, -0.2) is 4.90 Å². The molecule has 0 bridgehead atoms. The van der Waals surface area contributed by atoms with Gasteiger partial charge in [-0.1, -0.05) is 42.8 Å². The quantitative estimate of drug-likeness (QED) is 0.627. The van der Waals surface area contributed by atoms with Crippen molar-refractivity contribution in [2.75, 3.05) is 10.7 Å². The fraction of sp³-hybridized carbons (Fsp3) is 0.238. The van der Waals surface area contributed by atoms with Crippen LogP contribution in [0.2, 0.25) is 5.02 Å². The Morgan fingerprint density at radius 2 is 1.70 bits per heavy atom. The number of amides is 2. The van der Waals surface area contributed by atoms with Crippen molar-refractivity contribution in [2.45, 2.75) is 26.9 Å². The van der Waals surface area contributed by atoms with E-state index in [0.717, 1.165) is 10.6 Å². The fourth-order valence-corrected chi connectivity index (χ4v) is 3.94. The number of nitrogens with zero attached hydrogens (tertiary/aromatic N) is 1. The lowest BCUT2D eigenvalue weighted by Gasteiger charge is -2.16. The molecular weight excluding hydrogens is 382 g/mol. The van der Waals surface area contributed by atoms with Crippen molar-refractivity contribution in [1.29, 1.82) is 0 Å². The molecule has 0 unspecified atom stereocenters. The van der Waals surface area contributed by atoms with E-state index in [-0.39, 0.29) is 17.9 Å². The summed E-state index contributed by atoms with van der Waals surface area (Å²) < 4.78 is 5.66. The second-order valence-corrected chi connectivity index (χ2v) is 7.91. The van der Waals surface area contributed by atoms with E-state index in [9.17, 15) is 9.59 Å². The third-order valence-corrected chi connectivity index (χ3v) is 5.21. The molecule has 0 saturated heterocycles. The predicted molar refractivity (Wildman–Crippen MR) is 111 cm³/mol. The molecule has 0 atom stereocenters. The molecule has 1 heterocycles. The Hall–Kier alpha value is -2.24. The second-order valence-electron chi connectivity index (χ2n) is 6.23. The molecule has 0 radical (unpaired) electrons. The summed E-state index contributed by atoms with van der Waals surface area (Å²) in [6, 6.07) is 14.1. The smallest absolute Gasteiger partial charge is 0.272 e. The van der Waals surface area contributed by atoms with Crippen LogP contribution in [0.3, 0.4) is 0 Å². The maximum atomic E-state index is 13.2. The molecule has 2 amide bonds. The van der Waals surface area contributed by atoms with Gasteiger partial charge in [0.1, 0.15) is 5.75 Å². The number of halogens is 1. The minimum absolute atomic E-state index is 0.0617. The first-order valence-electron chi connectivity index (χ1n) is 8.71. The molecular formula is C21H20ClNO3S. The van der Waals surface area contributed by atoms with Crippen LogP contribution in [0.4, 0.5) is 5.69 Å². The zero-order chi connectivity index (χ0) is 19.6. The van der Waals surface area contributed by atoms with Gasteiger partial charge >= 0.3 is 0 Å². The average molecular weight is 402 g/mol. The normalized spacial score (nSPS) is 14.5. The van der Waals surface area contributed by atoms with Gasteiger partial charge in [0, 0.05) is 0 Å². The predicted octanol–water partition coefficient (Wildman–Crippen LogP) is 5.16. The van der Waals surface area contributed by atoms with Crippen molar-refractivity contribution in [3.05, 3.63) is 64.0 Å². The summed E-state index contributed by atoms with van der Waals surface area (Å²) in [5.74, 6) is 0.709. The summed E-state index contributed by atoms with van der Waals surface area (Å²) in [6.07, 6.45) is 0.0617. The number of rotatable bonds is 6. The Morgan fingerprint density at radius 1 is 1.04 bits per heavy atom. The van der Waals surface area contributed by atoms with Gasteiger partial charge in [-0.3, -0.25) is 9.59 Å². The van der Waals surface area contributed by atoms with Gasteiger partial charge in [-0.05, 0) is 49.4 Å². The van der Waals surface area contributed by atoms with Gasteiger partial charge in [0.25, 0.3) is 11.8 Å². The lowest BCUT2D eigenvalue weighted by Crippen LogP contribution is -2.31. The minimum atomic E-state index is -0.360. The Morgan fingerprint density at radius 3 is 2.30 bits per heavy atom. The summed E-state index contributed by atoms with van der Waals surface area (Å²) >= 11 is 7.60. The first-order chi connectivity index (χ1) is 12.9. The van der Waals surface area contributed by atoms with Crippen LogP contribution in [0.25, 0.3) is 5.57 Å². The van der Waals surface area contributed by atoms with Crippen LogP contribution in [0, 0.1) is 0 Å². The van der Waals surface area contributed by atoms with E-state index in [4.69, 9.17) is 16.3 Å². The highest BCUT2D eigenvalue weighted by Gasteiger charge is 2.40. The molecule has 0 saturated carbocycles. The zero-order valence-corrected chi connectivity index (χ0v) is 16.9. The molecule has 27 heavy (non-hydrogen) atoms. The van der Waals surface area contributed by atoms with Crippen LogP contribution in [-0.4, -0.2) is 23.7 Å². The fourth-order valence-electron chi connectivity index (χ4n) is 2.87. The number of benzene rings is 2. The van der Waals surface area contributed by atoms with Crippen molar-refractivity contribution in [3.63, 3.8) is 0 Å². The van der Waals surface area contributed by atoms with Crippen LogP contribution in [0.15, 0.2) is 53.4 Å². The van der Waals surface area contributed by atoms with E-state index in [2.05, 4.69) is 0 Å². The number of anilines is 1. The van der Waals surface area contributed by atoms with Gasteiger partial charge < -0.3 is 4.74 Å². The van der Waals surface area contributed by atoms with Crippen molar-refractivity contribution < 1.29 is 14.3 Å². The molecule has 140 valence electrons. The molecule has 1 aliphatic heterocycles. The lowest BCUT2D eigenvalue weighted by molar-refractivity contribution is -0.119. The first-order valence-corrected chi connectivity index (χ1v) is 10.1. The Labute approximate surface area is 168 Å². The van der Waals surface area contributed by atoms with Gasteiger partial charge in [-0.2, -0.15) is 0 Å². The van der Waals surface area contributed by atoms with Crippen LogP contribution < -0.4 is 9.64 Å². The van der Waals surface area contributed by atoms with Gasteiger partial charge in [0.15, 0.2) is 0 Å². The third kappa shape index (κ3) is 3.89. The SMILES string of the molecule is CCSC1=C(c2ccc(OC(C)C)cc2)C(=O)N(c2ccccc2Cl)C1=O. The van der Waals surface area contributed by atoms with Crippen molar-refractivity contribution in [1.82, 2.24) is 0 Å². The summed E-state index contributed by atoms with van der Waals surface area (Å²) in [7, 11) is 0. The van der Waals surface area contributed by atoms with Crippen LogP contribution in [0.1, 0.15) is 26.3 Å².